The lowest BCUT2D eigenvalue weighted by Gasteiger charge is -2.36. The third-order valence-electron chi connectivity index (χ3n) is 5.40. The molecule has 2 aromatic rings. The number of benzene rings is 1. The van der Waals surface area contributed by atoms with E-state index in [2.05, 4.69) is 34.7 Å². The number of nitrogens with one attached hydrogen (secondary N) is 1. The largest absolute Gasteiger partial charge is 0.485 e. The molecule has 4 rings (SSSR count). The van der Waals surface area contributed by atoms with Crippen LogP contribution in [-0.2, 0) is 4.79 Å². The van der Waals surface area contributed by atoms with Crippen molar-refractivity contribution < 1.29 is 14.3 Å². The van der Waals surface area contributed by atoms with Crippen LogP contribution in [0.4, 0.5) is 0 Å². The Morgan fingerprint density at radius 2 is 2.00 bits per heavy atom. The second-order valence-corrected chi connectivity index (χ2v) is 8.34. The smallest absolute Gasteiger partial charge is 0.264 e. The number of para-hydroxylation sites is 2. The van der Waals surface area contributed by atoms with Gasteiger partial charge < -0.3 is 14.8 Å². The number of fused-ring (bicyclic) bond motifs is 1. The summed E-state index contributed by atoms with van der Waals surface area (Å²) in [5, 5.41) is 5.20. The van der Waals surface area contributed by atoms with Gasteiger partial charge in [0.2, 0.25) is 6.10 Å². The van der Waals surface area contributed by atoms with Crippen LogP contribution < -0.4 is 14.8 Å². The summed E-state index contributed by atoms with van der Waals surface area (Å²) < 4.78 is 11.5. The number of hydrogen-bond acceptors (Lipinski definition) is 5. The molecule has 0 aliphatic carbocycles. The van der Waals surface area contributed by atoms with Crippen molar-refractivity contribution in [2.45, 2.75) is 31.9 Å². The molecule has 2 atom stereocenters. The number of nitrogens with zero attached hydrogens (tertiary/aromatic N) is 1. The zero-order chi connectivity index (χ0) is 18.6. The normalized spacial score (nSPS) is 21.6. The lowest BCUT2D eigenvalue weighted by atomic mass is 9.97. The van der Waals surface area contributed by atoms with Crippen molar-refractivity contribution in [3.8, 4) is 11.5 Å². The van der Waals surface area contributed by atoms with Crippen molar-refractivity contribution in [2.24, 2.45) is 5.92 Å². The summed E-state index contributed by atoms with van der Waals surface area (Å²) >= 11 is 1.75. The Hall–Kier alpha value is -2.05. The van der Waals surface area contributed by atoms with Crippen LogP contribution in [0.15, 0.2) is 41.8 Å². The van der Waals surface area contributed by atoms with E-state index in [0.717, 1.165) is 19.0 Å². The first-order valence-electron chi connectivity index (χ1n) is 9.64. The lowest BCUT2D eigenvalue weighted by Crippen LogP contribution is -2.47. The first-order chi connectivity index (χ1) is 13.2. The average molecular weight is 387 g/mol. The van der Waals surface area contributed by atoms with Gasteiger partial charge in [-0.15, -0.1) is 11.3 Å². The third-order valence-corrected chi connectivity index (χ3v) is 6.37. The number of thiophene rings is 1. The van der Waals surface area contributed by atoms with Crippen molar-refractivity contribution in [2.75, 3.05) is 26.2 Å². The SMILES string of the molecule is CC1CCN([C@H](CNC(=O)[C@H]2COc3ccccc3O2)c2cccs2)CC1. The summed E-state index contributed by atoms with van der Waals surface area (Å²) in [5.41, 5.74) is 0. The first-order valence-corrected chi connectivity index (χ1v) is 10.5. The van der Waals surface area contributed by atoms with Crippen LogP contribution in [0.5, 0.6) is 11.5 Å². The molecule has 1 N–H and O–H groups in total. The van der Waals surface area contributed by atoms with Crippen LogP contribution in [0, 0.1) is 5.92 Å². The number of rotatable bonds is 5. The molecule has 6 heteroatoms. The summed E-state index contributed by atoms with van der Waals surface area (Å²) in [5.74, 6) is 1.99. The van der Waals surface area contributed by atoms with Crippen LogP contribution in [0.3, 0.4) is 0 Å². The number of carbonyl (C=O) groups excluding carboxylic acids is 1. The predicted octanol–water partition coefficient (Wildman–Crippen LogP) is 3.48. The monoisotopic (exact) mass is 386 g/mol. The highest BCUT2D eigenvalue weighted by Crippen LogP contribution is 2.31. The van der Waals surface area contributed by atoms with E-state index in [1.165, 1.54) is 17.7 Å². The van der Waals surface area contributed by atoms with Crippen molar-refractivity contribution in [1.29, 1.82) is 0 Å². The lowest BCUT2D eigenvalue weighted by molar-refractivity contribution is -0.130. The van der Waals surface area contributed by atoms with Gasteiger partial charge in [0.1, 0.15) is 6.61 Å². The van der Waals surface area contributed by atoms with Gasteiger partial charge in [-0.05, 0) is 55.4 Å². The fourth-order valence-electron chi connectivity index (χ4n) is 3.69. The second kappa shape index (κ2) is 8.31. The van der Waals surface area contributed by atoms with Gasteiger partial charge in [-0.2, -0.15) is 0 Å². The Bertz CT molecular complexity index is 757. The molecule has 1 aromatic carbocycles. The maximum absolute atomic E-state index is 12.7. The first kappa shape index (κ1) is 18.3. The second-order valence-electron chi connectivity index (χ2n) is 7.36. The number of ether oxygens (including phenoxy) is 2. The van der Waals surface area contributed by atoms with Crippen LogP contribution in [0.1, 0.15) is 30.7 Å². The highest BCUT2D eigenvalue weighted by Gasteiger charge is 2.30. The van der Waals surface area contributed by atoms with E-state index in [1.54, 1.807) is 11.3 Å². The quantitative estimate of drug-likeness (QED) is 0.855. The summed E-state index contributed by atoms with van der Waals surface area (Å²) in [6.45, 7) is 5.31. The molecular formula is C21H26N2O3S. The molecule has 2 aliphatic heterocycles. The molecule has 0 spiro atoms. The predicted molar refractivity (Wildman–Crippen MR) is 106 cm³/mol. The Morgan fingerprint density at radius 3 is 2.74 bits per heavy atom. The number of amides is 1. The molecule has 1 aromatic heterocycles. The zero-order valence-electron chi connectivity index (χ0n) is 15.6. The van der Waals surface area contributed by atoms with Crippen LogP contribution in [-0.4, -0.2) is 43.2 Å². The minimum Gasteiger partial charge on any atom is -0.485 e. The van der Waals surface area contributed by atoms with Gasteiger partial charge in [0.25, 0.3) is 5.91 Å². The Balaban J connectivity index is 1.38. The standard InChI is InChI=1S/C21H26N2O3S/c1-15-8-10-23(11-9-15)16(20-7-4-12-27-20)13-22-21(24)19-14-25-17-5-2-3-6-18(17)26-19/h2-7,12,15-16,19H,8-11,13-14H2,1H3,(H,22,24)/t16-,19-/m1/s1. The topological polar surface area (TPSA) is 50.8 Å². The Kier molecular flexibility index (Phi) is 5.64. The molecule has 0 saturated carbocycles. The molecule has 0 radical (unpaired) electrons. The number of piperidine rings is 1. The van der Waals surface area contributed by atoms with Gasteiger partial charge in [0, 0.05) is 11.4 Å². The highest BCUT2D eigenvalue weighted by molar-refractivity contribution is 7.10. The maximum atomic E-state index is 12.7. The van der Waals surface area contributed by atoms with E-state index in [-0.39, 0.29) is 18.6 Å². The van der Waals surface area contributed by atoms with E-state index in [0.29, 0.717) is 18.0 Å². The molecule has 5 nitrogen and oxygen atoms in total. The number of likely N-dealkylation sites (tertiary alicyclic amines) is 1. The number of carbonyl (C=O) groups is 1. The minimum absolute atomic E-state index is 0.114. The van der Waals surface area contributed by atoms with E-state index < -0.39 is 6.10 Å². The molecule has 27 heavy (non-hydrogen) atoms. The molecular weight excluding hydrogens is 360 g/mol. The van der Waals surface area contributed by atoms with Gasteiger partial charge in [-0.25, -0.2) is 0 Å². The summed E-state index contributed by atoms with van der Waals surface area (Å²) in [6, 6.07) is 11.9. The Labute approximate surface area is 164 Å². The molecule has 144 valence electrons. The summed E-state index contributed by atoms with van der Waals surface area (Å²) in [7, 11) is 0. The van der Waals surface area contributed by atoms with E-state index >= 15 is 0 Å². The van der Waals surface area contributed by atoms with Crippen molar-refractivity contribution >= 4 is 17.2 Å². The van der Waals surface area contributed by atoms with E-state index in [9.17, 15) is 4.79 Å². The van der Waals surface area contributed by atoms with Crippen molar-refractivity contribution in [3.63, 3.8) is 0 Å². The van der Waals surface area contributed by atoms with Gasteiger partial charge in [-0.1, -0.05) is 25.1 Å². The van der Waals surface area contributed by atoms with Crippen molar-refractivity contribution in [1.82, 2.24) is 10.2 Å². The van der Waals surface area contributed by atoms with Gasteiger partial charge >= 0.3 is 0 Å². The zero-order valence-corrected chi connectivity index (χ0v) is 16.4. The minimum atomic E-state index is -0.606. The van der Waals surface area contributed by atoms with Gasteiger partial charge in [0.05, 0.1) is 6.04 Å². The molecule has 0 unspecified atom stereocenters. The molecule has 0 bridgehead atoms. The fourth-order valence-corrected chi connectivity index (χ4v) is 4.55. The van der Waals surface area contributed by atoms with Crippen LogP contribution in [0.25, 0.3) is 0 Å². The maximum Gasteiger partial charge on any atom is 0.264 e. The summed E-state index contributed by atoms with van der Waals surface area (Å²) in [6.07, 6.45) is 1.82. The molecule has 1 saturated heterocycles. The van der Waals surface area contributed by atoms with Crippen LogP contribution >= 0.6 is 11.3 Å². The molecule has 1 fully saturated rings. The summed E-state index contributed by atoms with van der Waals surface area (Å²) in [4.78, 5) is 16.5. The molecule has 2 aliphatic rings. The van der Waals surface area contributed by atoms with Gasteiger partial charge in [-0.3, -0.25) is 9.69 Å². The average Bonchev–Trinajstić information content (AvgIpc) is 3.23. The van der Waals surface area contributed by atoms with Crippen molar-refractivity contribution in [3.05, 3.63) is 46.7 Å². The van der Waals surface area contributed by atoms with Crippen LogP contribution in [0.2, 0.25) is 0 Å². The number of hydrogen-bond donors (Lipinski definition) is 1. The highest BCUT2D eigenvalue weighted by atomic mass is 32.1. The third kappa shape index (κ3) is 4.28. The Morgan fingerprint density at radius 1 is 1.22 bits per heavy atom. The molecule has 3 heterocycles. The fraction of sp³-hybridized carbons (Fsp3) is 0.476. The van der Waals surface area contributed by atoms with E-state index in [4.69, 9.17) is 9.47 Å². The molecule has 1 amide bonds. The van der Waals surface area contributed by atoms with Gasteiger partial charge in [0.15, 0.2) is 11.5 Å². The van der Waals surface area contributed by atoms with E-state index in [1.807, 2.05) is 24.3 Å².